The molecule has 0 spiro atoms. The van der Waals surface area contributed by atoms with Gasteiger partial charge < -0.3 is 10.1 Å². The molecule has 1 N–H and O–H groups in total. The molecule has 0 saturated carbocycles. The molecule has 6 nitrogen and oxygen atoms in total. The molecule has 2 aromatic rings. The second-order valence-electron chi connectivity index (χ2n) is 5.83. The van der Waals surface area contributed by atoms with Gasteiger partial charge in [-0.15, -0.1) is 0 Å². The van der Waals surface area contributed by atoms with Crippen LogP contribution in [0.5, 0.6) is 5.75 Å². The zero-order chi connectivity index (χ0) is 19.3. The number of benzene rings is 2. The fourth-order valence-electron chi connectivity index (χ4n) is 2.26. The highest BCUT2D eigenvalue weighted by Crippen LogP contribution is 2.27. The Morgan fingerprint density at radius 1 is 1.15 bits per heavy atom. The molecular weight excluding hydrogens is 376 g/mol. The molecule has 8 heteroatoms. The van der Waals surface area contributed by atoms with E-state index in [0.717, 1.165) is 9.87 Å². The van der Waals surface area contributed by atoms with E-state index in [1.54, 1.807) is 42.5 Å². The molecule has 0 bridgehead atoms. The highest BCUT2D eigenvalue weighted by Gasteiger charge is 2.16. The number of amides is 1. The van der Waals surface area contributed by atoms with Crippen molar-refractivity contribution in [3.63, 3.8) is 0 Å². The third-order valence-corrected chi connectivity index (χ3v) is 5.90. The smallest absolute Gasteiger partial charge is 0.242 e. The first-order chi connectivity index (χ1) is 12.2. The van der Waals surface area contributed by atoms with E-state index in [2.05, 4.69) is 5.32 Å². The van der Waals surface area contributed by atoms with Crippen LogP contribution in [-0.2, 0) is 21.2 Å². The molecule has 0 fully saturated rings. The van der Waals surface area contributed by atoms with Crippen molar-refractivity contribution < 1.29 is 17.9 Å². The zero-order valence-electron chi connectivity index (χ0n) is 14.8. The van der Waals surface area contributed by atoms with Gasteiger partial charge in [0.2, 0.25) is 15.9 Å². The van der Waals surface area contributed by atoms with Gasteiger partial charge in [0.1, 0.15) is 5.75 Å². The van der Waals surface area contributed by atoms with Crippen molar-refractivity contribution in [2.75, 3.05) is 26.5 Å². The largest absolute Gasteiger partial charge is 0.495 e. The minimum atomic E-state index is -3.44. The minimum Gasteiger partial charge on any atom is -0.495 e. The summed E-state index contributed by atoms with van der Waals surface area (Å²) in [6.07, 6.45) is 0.765. The summed E-state index contributed by atoms with van der Waals surface area (Å²) < 4.78 is 30.3. The van der Waals surface area contributed by atoms with Crippen LogP contribution >= 0.6 is 11.6 Å². The summed E-state index contributed by atoms with van der Waals surface area (Å²) in [5.74, 6) is 0.383. The van der Waals surface area contributed by atoms with E-state index in [0.29, 0.717) is 22.9 Å². The van der Waals surface area contributed by atoms with Crippen LogP contribution in [0.3, 0.4) is 0 Å². The predicted molar refractivity (Wildman–Crippen MR) is 102 cm³/mol. The Morgan fingerprint density at radius 2 is 1.81 bits per heavy atom. The van der Waals surface area contributed by atoms with E-state index in [-0.39, 0.29) is 17.2 Å². The highest BCUT2D eigenvalue weighted by molar-refractivity contribution is 7.89. The highest BCUT2D eigenvalue weighted by atomic mass is 35.5. The number of hydrogen-bond donors (Lipinski definition) is 1. The maximum absolute atomic E-state index is 12.1. The van der Waals surface area contributed by atoms with Gasteiger partial charge in [-0.3, -0.25) is 4.79 Å². The molecule has 26 heavy (non-hydrogen) atoms. The first-order valence-electron chi connectivity index (χ1n) is 7.89. The molecular formula is C18H21ClN2O4S. The lowest BCUT2D eigenvalue weighted by molar-refractivity contribution is -0.116. The number of aryl methyl sites for hydroxylation is 1. The van der Waals surface area contributed by atoms with Gasteiger partial charge in [0, 0.05) is 26.2 Å². The number of nitrogens with one attached hydrogen (secondary N) is 1. The number of anilines is 1. The Kier molecular flexibility index (Phi) is 6.63. The second-order valence-corrected chi connectivity index (χ2v) is 8.39. The number of ether oxygens (including phenoxy) is 1. The van der Waals surface area contributed by atoms with Gasteiger partial charge in [0.15, 0.2) is 0 Å². The second kappa shape index (κ2) is 8.53. The number of rotatable bonds is 7. The lowest BCUT2D eigenvalue weighted by atomic mass is 10.1. The number of nitrogens with zero attached hydrogens (tertiary/aromatic N) is 1. The molecule has 140 valence electrons. The van der Waals surface area contributed by atoms with Crippen LogP contribution in [0.1, 0.15) is 12.0 Å². The van der Waals surface area contributed by atoms with Gasteiger partial charge in [0.25, 0.3) is 0 Å². The Bertz CT molecular complexity index is 881. The Morgan fingerprint density at radius 3 is 2.35 bits per heavy atom. The van der Waals surface area contributed by atoms with Crippen molar-refractivity contribution in [1.82, 2.24) is 4.31 Å². The fourth-order valence-corrected chi connectivity index (χ4v) is 3.42. The number of hydrogen-bond acceptors (Lipinski definition) is 4. The summed E-state index contributed by atoms with van der Waals surface area (Å²) in [6.45, 7) is 0. The first-order valence-corrected chi connectivity index (χ1v) is 9.70. The van der Waals surface area contributed by atoms with Gasteiger partial charge in [0.05, 0.1) is 17.0 Å². The lowest BCUT2D eigenvalue weighted by Gasteiger charge is -2.11. The number of sulfonamides is 1. The molecule has 0 unspecified atom stereocenters. The quantitative estimate of drug-likeness (QED) is 0.779. The first kappa shape index (κ1) is 20.2. The van der Waals surface area contributed by atoms with E-state index >= 15 is 0 Å². The topological polar surface area (TPSA) is 75.7 Å². The van der Waals surface area contributed by atoms with Crippen LogP contribution in [0.4, 0.5) is 5.69 Å². The van der Waals surface area contributed by atoms with Crippen molar-refractivity contribution in [2.45, 2.75) is 17.7 Å². The van der Waals surface area contributed by atoms with E-state index in [9.17, 15) is 13.2 Å². The number of carbonyl (C=O) groups is 1. The Balaban J connectivity index is 1.94. The van der Waals surface area contributed by atoms with Crippen LogP contribution in [0, 0.1) is 0 Å². The summed E-state index contributed by atoms with van der Waals surface area (Å²) in [5.41, 5.74) is 1.47. The van der Waals surface area contributed by atoms with E-state index in [4.69, 9.17) is 16.3 Å². The van der Waals surface area contributed by atoms with Crippen LogP contribution in [0.2, 0.25) is 5.02 Å². The van der Waals surface area contributed by atoms with E-state index < -0.39 is 10.0 Å². The third-order valence-electron chi connectivity index (χ3n) is 3.78. The van der Waals surface area contributed by atoms with Crippen LogP contribution in [-0.4, -0.2) is 39.8 Å². The van der Waals surface area contributed by atoms with E-state index in [1.807, 2.05) is 0 Å². The van der Waals surface area contributed by atoms with Gasteiger partial charge in [-0.1, -0.05) is 23.7 Å². The van der Waals surface area contributed by atoms with E-state index in [1.165, 1.54) is 21.2 Å². The van der Waals surface area contributed by atoms with Crippen LogP contribution < -0.4 is 10.1 Å². The molecule has 1 amide bonds. The van der Waals surface area contributed by atoms with Crippen molar-refractivity contribution in [2.24, 2.45) is 0 Å². The standard InChI is InChI=1S/C18H21ClN2O4S/c1-21(2)26(23,24)15-8-4-13(5-9-15)6-11-18(22)20-14-7-10-17(25-3)16(19)12-14/h4-5,7-10,12H,6,11H2,1-3H3,(H,20,22). The zero-order valence-corrected chi connectivity index (χ0v) is 16.4. The Labute approximate surface area is 158 Å². The third kappa shape index (κ3) is 4.97. The van der Waals surface area contributed by atoms with Crippen LogP contribution in [0.25, 0.3) is 0 Å². The van der Waals surface area contributed by atoms with Gasteiger partial charge in [-0.05, 0) is 42.3 Å². The summed E-state index contributed by atoms with van der Waals surface area (Å²) in [6, 6.07) is 11.5. The van der Waals surface area contributed by atoms with Crippen molar-refractivity contribution in [1.29, 1.82) is 0 Å². The molecule has 2 aromatic carbocycles. The van der Waals surface area contributed by atoms with Crippen LogP contribution in [0.15, 0.2) is 47.4 Å². The summed E-state index contributed by atoms with van der Waals surface area (Å²) in [4.78, 5) is 12.3. The molecule has 0 aliphatic heterocycles. The average Bonchev–Trinajstić information content (AvgIpc) is 2.60. The molecule has 0 heterocycles. The molecule has 0 aromatic heterocycles. The molecule has 2 rings (SSSR count). The van der Waals surface area contributed by atoms with Gasteiger partial charge in [-0.25, -0.2) is 12.7 Å². The number of halogens is 1. The molecule has 0 aliphatic carbocycles. The van der Waals surface area contributed by atoms with Gasteiger partial charge >= 0.3 is 0 Å². The van der Waals surface area contributed by atoms with Crippen molar-refractivity contribution >= 4 is 33.2 Å². The van der Waals surface area contributed by atoms with Crippen molar-refractivity contribution in [3.8, 4) is 5.75 Å². The predicted octanol–water partition coefficient (Wildman–Crippen LogP) is 3.17. The lowest BCUT2D eigenvalue weighted by Crippen LogP contribution is -2.22. The summed E-state index contributed by atoms with van der Waals surface area (Å²) in [7, 11) is 1.05. The maximum atomic E-state index is 12.1. The molecule has 0 atom stereocenters. The van der Waals surface area contributed by atoms with Crippen molar-refractivity contribution in [3.05, 3.63) is 53.1 Å². The number of methoxy groups -OCH3 is 1. The summed E-state index contributed by atoms with van der Waals surface area (Å²) >= 11 is 6.03. The fraction of sp³-hybridized carbons (Fsp3) is 0.278. The molecule has 0 aliphatic rings. The Hall–Kier alpha value is -2.09. The monoisotopic (exact) mass is 396 g/mol. The SMILES string of the molecule is COc1ccc(NC(=O)CCc2ccc(S(=O)(=O)N(C)C)cc2)cc1Cl. The maximum Gasteiger partial charge on any atom is 0.242 e. The number of carbonyl (C=O) groups excluding carboxylic acids is 1. The molecule has 0 radical (unpaired) electrons. The van der Waals surface area contributed by atoms with Gasteiger partial charge in [-0.2, -0.15) is 0 Å². The minimum absolute atomic E-state index is 0.156. The summed E-state index contributed by atoms with van der Waals surface area (Å²) in [5, 5.41) is 3.19. The average molecular weight is 397 g/mol. The normalized spacial score (nSPS) is 11.4. The molecule has 0 saturated heterocycles.